The molecule has 0 spiro atoms. The van der Waals surface area contributed by atoms with E-state index in [9.17, 15) is 18.0 Å². The number of fused-ring (bicyclic) bond motifs is 1. The molecule has 1 N–H and O–H groups in total. The Kier molecular flexibility index (Phi) is 4.01. The minimum atomic E-state index is -2.94. The molecule has 1 aromatic carbocycles. The second-order valence-corrected chi connectivity index (χ2v) is 8.71. The minimum absolute atomic E-state index is 0.0360. The van der Waals surface area contributed by atoms with Crippen LogP contribution in [0.2, 0.25) is 0 Å². The van der Waals surface area contributed by atoms with Gasteiger partial charge < -0.3 is 5.32 Å². The average Bonchev–Trinajstić information content (AvgIpc) is 2.84. The number of hydrogen-bond acceptors (Lipinski definition) is 5. The topological polar surface area (TPSA) is 80.3 Å². The van der Waals surface area contributed by atoms with Crippen LogP contribution >= 0.6 is 11.3 Å². The van der Waals surface area contributed by atoms with Crippen molar-refractivity contribution in [1.29, 1.82) is 0 Å². The molecule has 0 bridgehead atoms. The monoisotopic (exact) mass is 337 g/mol. The molecular weight excluding hydrogens is 322 g/mol. The van der Waals surface area contributed by atoms with Crippen molar-refractivity contribution in [1.82, 2.24) is 5.32 Å². The highest BCUT2D eigenvalue weighted by atomic mass is 32.2. The van der Waals surface area contributed by atoms with Gasteiger partial charge in [0, 0.05) is 11.9 Å². The fourth-order valence-corrected chi connectivity index (χ4v) is 5.31. The van der Waals surface area contributed by atoms with Crippen LogP contribution in [0.15, 0.2) is 35.1 Å². The highest BCUT2D eigenvalue weighted by Crippen LogP contribution is 2.18. The van der Waals surface area contributed by atoms with Crippen molar-refractivity contribution in [2.45, 2.75) is 6.42 Å². The van der Waals surface area contributed by atoms with Crippen molar-refractivity contribution in [3.05, 3.63) is 44.7 Å². The summed E-state index contributed by atoms with van der Waals surface area (Å²) in [5.74, 6) is -0.0405. The maximum absolute atomic E-state index is 12.2. The van der Waals surface area contributed by atoms with Gasteiger partial charge in [-0.2, -0.15) is 0 Å². The first kappa shape index (κ1) is 15.2. The summed E-state index contributed by atoms with van der Waals surface area (Å²) < 4.78 is 22.6. The van der Waals surface area contributed by atoms with Gasteiger partial charge in [0.05, 0.1) is 16.4 Å². The number of carbonyl (C=O) groups is 1. The molecule has 22 heavy (non-hydrogen) atoms. The van der Waals surface area contributed by atoms with Crippen molar-refractivity contribution < 1.29 is 13.2 Å². The predicted molar refractivity (Wildman–Crippen MR) is 87.2 cm³/mol. The molecule has 1 atom stereocenters. The first-order chi connectivity index (χ1) is 10.4. The third-order valence-electron chi connectivity index (χ3n) is 3.77. The van der Waals surface area contributed by atoms with Gasteiger partial charge in [0.2, 0.25) is 4.74 Å². The van der Waals surface area contributed by atoms with E-state index in [2.05, 4.69) is 5.32 Å². The highest BCUT2D eigenvalue weighted by molar-refractivity contribution is 7.91. The fourth-order valence-electron chi connectivity index (χ4n) is 2.60. The molecule has 1 aliphatic heterocycles. The molecule has 1 saturated heterocycles. The third kappa shape index (κ3) is 3.20. The Morgan fingerprint density at radius 1 is 1.32 bits per heavy atom. The molecule has 1 amide bonds. The van der Waals surface area contributed by atoms with Crippen molar-refractivity contribution in [2.24, 2.45) is 5.92 Å². The summed E-state index contributed by atoms with van der Waals surface area (Å²) in [6, 6.07) is 8.83. The summed E-state index contributed by atoms with van der Waals surface area (Å²) >= 11 is 0.911. The predicted octanol–water partition coefficient (Wildman–Crippen LogP) is 1.43. The van der Waals surface area contributed by atoms with E-state index < -0.39 is 9.84 Å². The minimum Gasteiger partial charge on any atom is -0.351 e. The van der Waals surface area contributed by atoms with E-state index in [1.165, 1.54) is 0 Å². The summed E-state index contributed by atoms with van der Waals surface area (Å²) in [4.78, 5) is 24.5. The Bertz CT molecular complexity index is 886. The number of nitrogens with one attached hydrogen (secondary N) is 1. The molecule has 3 rings (SSSR count). The standard InChI is InChI=1S/C15H15NO4S2/c17-14(16-8-10-5-6-22(19,20)9-10)13-7-11-3-1-2-4-12(11)15(18)21-13/h1-4,7,10H,5-6,8-9H2,(H,16,17). The van der Waals surface area contributed by atoms with Gasteiger partial charge in [-0.3, -0.25) is 9.59 Å². The van der Waals surface area contributed by atoms with E-state index in [1.807, 2.05) is 6.07 Å². The van der Waals surface area contributed by atoms with E-state index in [0.717, 1.165) is 16.7 Å². The van der Waals surface area contributed by atoms with Gasteiger partial charge in [-0.05, 0) is 29.9 Å². The molecule has 1 unspecified atom stereocenters. The first-order valence-electron chi connectivity index (χ1n) is 6.96. The zero-order chi connectivity index (χ0) is 15.7. The Morgan fingerprint density at radius 2 is 2.09 bits per heavy atom. The number of sulfone groups is 1. The third-order valence-corrected chi connectivity index (χ3v) is 6.54. The zero-order valence-electron chi connectivity index (χ0n) is 11.7. The number of amides is 1. The van der Waals surface area contributed by atoms with Gasteiger partial charge in [0.25, 0.3) is 5.91 Å². The van der Waals surface area contributed by atoms with Crippen LogP contribution < -0.4 is 10.1 Å². The second-order valence-electron chi connectivity index (χ2n) is 5.46. The molecule has 2 heterocycles. The van der Waals surface area contributed by atoms with Gasteiger partial charge in [0.1, 0.15) is 0 Å². The van der Waals surface area contributed by atoms with E-state index in [1.54, 1.807) is 24.3 Å². The Morgan fingerprint density at radius 3 is 2.82 bits per heavy atom. The van der Waals surface area contributed by atoms with Crippen molar-refractivity contribution in [2.75, 3.05) is 18.1 Å². The van der Waals surface area contributed by atoms with E-state index in [0.29, 0.717) is 23.2 Å². The average molecular weight is 337 g/mol. The second kappa shape index (κ2) is 5.81. The summed E-state index contributed by atoms with van der Waals surface area (Å²) in [7, 11) is -2.94. The Balaban J connectivity index is 1.74. The van der Waals surface area contributed by atoms with Crippen LogP contribution in [0.1, 0.15) is 16.1 Å². The molecule has 0 saturated carbocycles. The van der Waals surface area contributed by atoms with E-state index >= 15 is 0 Å². The van der Waals surface area contributed by atoms with Crippen LogP contribution in [0, 0.1) is 5.92 Å². The maximum atomic E-state index is 12.2. The fraction of sp³-hybridized carbons (Fsp3) is 0.333. The quantitative estimate of drug-likeness (QED) is 0.919. The summed E-state index contributed by atoms with van der Waals surface area (Å²) in [5, 5.41) is 4.08. The van der Waals surface area contributed by atoms with Crippen molar-refractivity contribution in [3.63, 3.8) is 0 Å². The first-order valence-corrected chi connectivity index (χ1v) is 9.60. The lowest BCUT2D eigenvalue weighted by molar-refractivity contribution is 0.0952. The molecule has 2 aromatic rings. The lowest BCUT2D eigenvalue weighted by Gasteiger charge is -2.09. The van der Waals surface area contributed by atoms with Crippen LogP contribution in [-0.2, 0) is 9.84 Å². The largest absolute Gasteiger partial charge is 0.351 e. The molecule has 116 valence electrons. The van der Waals surface area contributed by atoms with Crippen LogP contribution in [-0.4, -0.2) is 32.4 Å². The lowest BCUT2D eigenvalue weighted by atomic mass is 10.1. The van der Waals surface area contributed by atoms with Crippen molar-refractivity contribution >= 4 is 37.9 Å². The smallest absolute Gasteiger partial charge is 0.261 e. The van der Waals surface area contributed by atoms with Crippen LogP contribution in [0.4, 0.5) is 0 Å². The molecular formula is C15H15NO4S2. The van der Waals surface area contributed by atoms with Gasteiger partial charge >= 0.3 is 0 Å². The molecule has 0 radical (unpaired) electrons. The Labute approximate surface area is 131 Å². The molecule has 7 heteroatoms. The van der Waals surface area contributed by atoms with Crippen LogP contribution in [0.25, 0.3) is 10.8 Å². The number of carbonyl (C=O) groups excluding carboxylic acids is 1. The Hall–Kier alpha value is -1.73. The maximum Gasteiger partial charge on any atom is 0.261 e. The van der Waals surface area contributed by atoms with E-state index in [4.69, 9.17) is 0 Å². The van der Waals surface area contributed by atoms with Gasteiger partial charge in [-0.15, -0.1) is 0 Å². The molecule has 0 aliphatic carbocycles. The molecule has 1 fully saturated rings. The molecule has 1 aliphatic rings. The highest BCUT2D eigenvalue weighted by Gasteiger charge is 2.28. The number of rotatable bonds is 3. The van der Waals surface area contributed by atoms with Gasteiger partial charge in [-0.1, -0.05) is 29.5 Å². The summed E-state index contributed by atoms with van der Waals surface area (Å²) in [5.41, 5.74) is 0. The zero-order valence-corrected chi connectivity index (χ0v) is 13.4. The number of benzene rings is 1. The van der Waals surface area contributed by atoms with Gasteiger partial charge in [-0.25, -0.2) is 8.42 Å². The molecule has 1 aromatic heterocycles. The molecule has 5 nitrogen and oxygen atoms in total. The van der Waals surface area contributed by atoms with Gasteiger partial charge in [0.15, 0.2) is 9.84 Å². The summed E-state index contributed by atoms with van der Waals surface area (Å²) in [6.07, 6.45) is 0.580. The van der Waals surface area contributed by atoms with Crippen molar-refractivity contribution in [3.8, 4) is 0 Å². The lowest BCUT2D eigenvalue weighted by Crippen LogP contribution is -2.29. The number of hydrogen-bond donors (Lipinski definition) is 1. The van der Waals surface area contributed by atoms with E-state index in [-0.39, 0.29) is 28.1 Å². The van der Waals surface area contributed by atoms with Crippen LogP contribution in [0.5, 0.6) is 0 Å². The normalized spacial score (nSPS) is 20.1. The SMILES string of the molecule is O=C(NCC1CCS(=O)(=O)C1)c1cc2ccccc2c(=O)s1. The van der Waals surface area contributed by atoms with Crippen LogP contribution in [0.3, 0.4) is 0 Å². The summed E-state index contributed by atoms with van der Waals surface area (Å²) in [6.45, 7) is 0.325.